The summed E-state index contributed by atoms with van der Waals surface area (Å²) in [4.78, 5) is 20.2. The molecule has 0 unspecified atom stereocenters. The molecule has 25 heavy (non-hydrogen) atoms. The molecular weight excluding hydrogens is 359 g/mol. The lowest BCUT2D eigenvalue weighted by Crippen LogP contribution is -2.24. The second kappa shape index (κ2) is 6.70. The van der Waals surface area contributed by atoms with Gasteiger partial charge < -0.3 is 11.5 Å². The van der Waals surface area contributed by atoms with E-state index in [1.54, 1.807) is 24.4 Å². The average Bonchev–Trinajstić information content (AvgIpc) is 2.56. The van der Waals surface area contributed by atoms with Gasteiger partial charge in [-0.1, -0.05) is 35.3 Å². The Balaban J connectivity index is 2.31. The lowest BCUT2D eigenvalue weighted by Gasteiger charge is -2.11. The van der Waals surface area contributed by atoms with Gasteiger partial charge in [0.05, 0.1) is 15.6 Å². The second-order valence-corrected chi connectivity index (χ2v) is 6.28. The number of carbonyl (C=O) groups excluding carboxylic acids is 1. The van der Waals surface area contributed by atoms with Crippen molar-refractivity contribution in [3.8, 4) is 11.1 Å². The molecule has 3 aromatic rings. The molecule has 0 saturated heterocycles. The first-order valence-corrected chi connectivity index (χ1v) is 8.12. The van der Waals surface area contributed by atoms with E-state index in [1.165, 1.54) is 0 Å². The summed E-state index contributed by atoms with van der Waals surface area (Å²) >= 11 is 12.5. The van der Waals surface area contributed by atoms with E-state index in [9.17, 15) is 4.79 Å². The highest BCUT2D eigenvalue weighted by molar-refractivity contribution is 6.44. The summed E-state index contributed by atoms with van der Waals surface area (Å²) in [7, 11) is 0. The topological polar surface area (TPSA) is 94.4 Å². The van der Waals surface area contributed by atoms with E-state index in [1.807, 2.05) is 25.1 Å². The Hall–Kier alpha value is -2.63. The Labute approximate surface area is 154 Å². The largest absolute Gasteiger partial charge is 0.370 e. The Morgan fingerprint density at radius 2 is 1.88 bits per heavy atom. The first-order chi connectivity index (χ1) is 11.9. The number of hydrogen-bond donors (Lipinski definition) is 2. The average molecular weight is 373 g/mol. The zero-order chi connectivity index (χ0) is 18.1. The minimum absolute atomic E-state index is 0.285. The van der Waals surface area contributed by atoms with Crippen LogP contribution in [0.15, 0.2) is 47.6 Å². The maximum Gasteiger partial charge on any atom is 0.280 e. The van der Waals surface area contributed by atoms with Crippen molar-refractivity contribution in [2.75, 3.05) is 0 Å². The number of rotatable bonds is 2. The normalized spacial score (nSPS) is 10.7. The molecular formula is C18H14Cl2N4O. The SMILES string of the molecule is Cc1cc(C(=O)N=C(N)N)cc2c(-c3cccc(Cl)c3Cl)ccnc12. The molecule has 1 amide bonds. The van der Waals surface area contributed by atoms with E-state index in [0.717, 1.165) is 27.6 Å². The van der Waals surface area contributed by atoms with Crippen molar-refractivity contribution >= 4 is 46.0 Å². The van der Waals surface area contributed by atoms with E-state index in [4.69, 9.17) is 34.7 Å². The van der Waals surface area contributed by atoms with Crippen LogP contribution in [0.25, 0.3) is 22.0 Å². The number of hydrogen-bond acceptors (Lipinski definition) is 2. The lowest BCUT2D eigenvalue weighted by molar-refractivity contribution is 0.100. The molecule has 4 N–H and O–H groups in total. The van der Waals surface area contributed by atoms with E-state index >= 15 is 0 Å². The molecule has 0 aliphatic heterocycles. The summed E-state index contributed by atoms with van der Waals surface area (Å²) in [6, 6.07) is 10.6. The third kappa shape index (κ3) is 3.29. The number of carbonyl (C=O) groups is 1. The van der Waals surface area contributed by atoms with Crippen molar-refractivity contribution in [1.29, 1.82) is 0 Å². The van der Waals surface area contributed by atoms with E-state index in [-0.39, 0.29) is 5.96 Å². The number of aryl methyl sites for hydroxylation is 1. The van der Waals surface area contributed by atoms with E-state index in [0.29, 0.717) is 15.6 Å². The van der Waals surface area contributed by atoms with Crippen LogP contribution in [-0.4, -0.2) is 16.9 Å². The highest BCUT2D eigenvalue weighted by Gasteiger charge is 2.15. The fourth-order valence-corrected chi connectivity index (χ4v) is 3.09. The van der Waals surface area contributed by atoms with Gasteiger partial charge in [-0.25, -0.2) is 0 Å². The Morgan fingerprint density at radius 1 is 1.12 bits per heavy atom. The predicted molar refractivity (Wildman–Crippen MR) is 102 cm³/mol. The number of halogens is 2. The molecule has 0 bridgehead atoms. The third-order valence-corrected chi connectivity index (χ3v) is 4.57. The van der Waals surface area contributed by atoms with Crippen molar-refractivity contribution in [2.24, 2.45) is 16.5 Å². The van der Waals surface area contributed by atoms with Crippen LogP contribution in [-0.2, 0) is 0 Å². The van der Waals surface area contributed by atoms with Gasteiger partial charge in [0.25, 0.3) is 5.91 Å². The number of nitrogens with two attached hydrogens (primary N) is 2. The molecule has 0 radical (unpaired) electrons. The van der Waals surface area contributed by atoms with Crippen LogP contribution in [0.4, 0.5) is 0 Å². The van der Waals surface area contributed by atoms with Crippen molar-refractivity contribution in [3.05, 3.63) is 63.8 Å². The van der Waals surface area contributed by atoms with Crippen LogP contribution in [0.1, 0.15) is 15.9 Å². The molecule has 0 saturated carbocycles. The molecule has 5 nitrogen and oxygen atoms in total. The highest BCUT2D eigenvalue weighted by Crippen LogP contribution is 2.37. The van der Waals surface area contributed by atoms with Gasteiger partial charge in [-0.15, -0.1) is 0 Å². The van der Waals surface area contributed by atoms with Crippen molar-refractivity contribution in [2.45, 2.75) is 6.92 Å². The molecule has 1 heterocycles. The Bertz CT molecular complexity index is 1030. The maximum absolute atomic E-state index is 12.2. The Morgan fingerprint density at radius 3 is 2.60 bits per heavy atom. The molecule has 126 valence electrons. The zero-order valence-corrected chi connectivity index (χ0v) is 14.8. The first kappa shape index (κ1) is 17.2. The molecule has 0 fully saturated rings. The summed E-state index contributed by atoms with van der Waals surface area (Å²) in [5, 5.41) is 1.66. The number of amides is 1. The molecule has 7 heteroatoms. The Kier molecular flexibility index (Phi) is 4.61. The van der Waals surface area contributed by atoms with E-state index < -0.39 is 5.91 Å². The fraction of sp³-hybridized carbons (Fsp3) is 0.0556. The van der Waals surface area contributed by atoms with Gasteiger partial charge in [0, 0.05) is 22.7 Å². The highest BCUT2D eigenvalue weighted by atomic mass is 35.5. The van der Waals surface area contributed by atoms with Gasteiger partial charge in [-0.3, -0.25) is 9.78 Å². The van der Waals surface area contributed by atoms with Gasteiger partial charge >= 0.3 is 0 Å². The molecule has 0 atom stereocenters. The van der Waals surface area contributed by atoms with Gasteiger partial charge in [0.1, 0.15) is 0 Å². The monoisotopic (exact) mass is 372 g/mol. The smallest absolute Gasteiger partial charge is 0.280 e. The van der Waals surface area contributed by atoms with Crippen LogP contribution in [0.5, 0.6) is 0 Å². The number of nitrogens with zero attached hydrogens (tertiary/aromatic N) is 2. The lowest BCUT2D eigenvalue weighted by atomic mass is 9.97. The number of guanidine groups is 1. The zero-order valence-electron chi connectivity index (χ0n) is 13.3. The summed E-state index contributed by atoms with van der Waals surface area (Å²) < 4.78 is 0. The van der Waals surface area contributed by atoms with Crippen LogP contribution >= 0.6 is 23.2 Å². The van der Waals surface area contributed by atoms with Gasteiger partial charge in [0.15, 0.2) is 5.96 Å². The number of fused-ring (bicyclic) bond motifs is 1. The standard InChI is InChI=1S/C18H14Cl2N4O/c1-9-7-10(17(25)24-18(21)22)8-13-11(5-6-23-16(9)13)12-3-2-4-14(19)15(12)20/h2-8H,1H3,(H4,21,22,24,25). The number of pyridine rings is 1. The number of aliphatic imine (C=N–C) groups is 1. The van der Waals surface area contributed by atoms with Crippen molar-refractivity contribution in [1.82, 2.24) is 4.98 Å². The minimum atomic E-state index is -0.517. The number of benzene rings is 2. The van der Waals surface area contributed by atoms with Crippen molar-refractivity contribution < 1.29 is 4.79 Å². The first-order valence-electron chi connectivity index (χ1n) is 7.36. The van der Waals surface area contributed by atoms with Gasteiger partial charge in [-0.2, -0.15) is 4.99 Å². The summed E-state index contributed by atoms with van der Waals surface area (Å²) in [5.74, 6) is -0.802. The van der Waals surface area contributed by atoms with Gasteiger partial charge in [-0.05, 0) is 42.3 Å². The minimum Gasteiger partial charge on any atom is -0.370 e. The van der Waals surface area contributed by atoms with Crippen molar-refractivity contribution in [3.63, 3.8) is 0 Å². The van der Waals surface area contributed by atoms with Crippen LogP contribution < -0.4 is 11.5 Å². The summed E-state index contributed by atoms with van der Waals surface area (Å²) in [5.41, 5.74) is 14.1. The quantitative estimate of drug-likeness (QED) is 0.526. The predicted octanol–water partition coefficient (Wildman–Crippen LogP) is 3.93. The summed E-state index contributed by atoms with van der Waals surface area (Å²) in [6.45, 7) is 1.87. The molecule has 1 aromatic heterocycles. The van der Waals surface area contributed by atoms with Crippen LogP contribution in [0.3, 0.4) is 0 Å². The maximum atomic E-state index is 12.2. The molecule has 0 spiro atoms. The van der Waals surface area contributed by atoms with Crippen LogP contribution in [0.2, 0.25) is 10.0 Å². The molecule has 2 aromatic carbocycles. The molecule has 0 aliphatic carbocycles. The summed E-state index contributed by atoms with van der Waals surface area (Å²) in [6.07, 6.45) is 1.69. The van der Waals surface area contributed by atoms with E-state index in [2.05, 4.69) is 9.98 Å². The van der Waals surface area contributed by atoms with Crippen LogP contribution in [0, 0.1) is 6.92 Å². The molecule has 0 aliphatic rings. The molecule has 3 rings (SSSR count). The van der Waals surface area contributed by atoms with Gasteiger partial charge in [0.2, 0.25) is 0 Å². The second-order valence-electron chi connectivity index (χ2n) is 5.49. The number of aromatic nitrogens is 1. The third-order valence-electron chi connectivity index (χ3n) is 3.75. The fourth-order valence-electron chi connectivity index (χ4n) is 2.68.